The summed E-state index contributed by atoms with van der Waals surface area (Å²) in [5.41, 5.74) is 3.26. The van der Waals surface area contributed by atoms with Gasteiger partial charge in [0.2, 0.25) is 0 Å². The van der Waals surface area contributed by atoms with Crippen LogP contribution in [0.25, 0.3) is 0 Å². The highest BCUT2D eigenvalue weighted by Gasteiger charge is 2.39. The highest BCUT2D eigenvalue weighted by Crippen LogP contribution is 2.44. The molecule has 0 aromatic heterocycles. The van der Waals surface area contributed by atoms with E-state index in [2.05, 4.69) is 44.3 Å². The zero-order chi connectivity index (χ0) is 12.6. The highest BCUT2D eigenvalue weighted by molar-refractivity contribution is 5.83. The first-order chi connectivity index (χ1) is 8.61. The zero-order valence-electron chi connectivity index (χ0n) is 11.6. The Balaban J connectivity index is 2.03. The van der Waals surface area contributed by atoms with Gasteiger partial charge in [0, 0.05) is 6.21 Å². The fourth-order valence-corrected chi connectivity index (χ4v) is 3.91. The third-order valence-electron chi connectivity index (χ3n) is 4.72. The summed E-state index contributed by atoms with van der Waals surface area (Å²) in [7, 11) is 0. The van der Waals surface area contributed by atoms with Crippen LogP contribution in [-0.4, -0.2) is 11.8 Å². The molecule has 0 unspecified atom stereocenters. The first-order valence-electron chi connectivity index (χ1n) is 7.26. The highest BCUT2D eigenvalue weighted by atomic mass is 14.9. The van der Waals surface area contributed by atoms with Crippen molar-refractivity contribution < 1.29 is 0 Å². The molecule has 2 aliphatic rings. The van der Waals surface area contributed by atoms with Crippen molar-refractivity contribution in [3.8, 4) is 0 Å². The van der Waals surface area contributed by atoms with Crippen LogP contribution in [0.2, 0.25) is 0 Å². The number of nitrogens with zero attached hydrogens (tertiary/aromatic N) is 1. The Kier molecular flexibility index (Phi) is 2.80. The van der Waals surface area contributed by atoms with Gasteiger partial charge in [-0.2, -0.15) is 0 Å². The molecule has 0 atom stereocenters. The van der Waals surface area contributed by atoms with Crippen molar-refractivity contribution in [1.29, 1.82) is 0 Å². The standard InChI is InChI=1S/C17H23N/c1-16(2)13-17(10-6-3-7-11-17)18-12-14-8-4-5-9-15(14)16/h4-5,8-9,12H,3,6-7,10-11,13H2,1-2H3. The second-order valence-corrected chi connectivity index (χ2v) is 6.69. The van der Waals surface area contributed by atoms with Crippen LogP contribution in [0.5, 0.6) is 0 Å². The summed E-state index contributed by atoms with van der Waals surface area (Å²) < 4.78 is 0. The Bertz CT molecular complexity index is 464. The van der Waals surface area contributed by atoms with E-state index in [1.165, 1.54) is 49.7 Å². The van der Waals surface area contributed by atoms with Crippen LogP contribution in [0.15, 0.2) is 29.3 Å². The van der Waals surface area contributed by atoms with E-state index < -0.39 is 0 Å². The predicted molar refractivity (Wildman–Crippen MR) is 77.5 cm³/mol. The lowest BCUT2D eigenvalue weighted by Crippen LogP contribution is -2.36. The van der Waals surface area contributed by atoms with Crippen LogP contribution in [0.4, 0.5) is 0 Å². The van der Waals surface area contributed by atoms with E-state index in [-0.39, 0.29) is 11.0 Å². The van der Waals surface area contributed by atoms with Gasteiger partial charge in [0.15, 0.2) is 0 Å². The maximum atomic E-state index is 5.03. The SMILES string of the molecule is CC1(C)CC2(CCCCC2)N=Cc2ccccc21. The van der Waals surface area contributed by atoms with Crippen molar-refractivity contribution in [2.24, 2.45) is 4.99 Å². The molecule has 1 saturated carbocycles. The maximum Gasteiger partial charge on any atom is 0.0616 e. The van der Waals surface area contributed by atoms with Crippen LogP contribution in [-0.2, 0) is 5.41 Å². The first kappa shape index (κ1) is 12.0. The van der Waals surface area contributed by atoms with Crippen molar-refractivity contribution in [3.63, 3.8) is 0 Å². The van der Waals surface area contributed by atoms with Gasteiger partial charge in [0.1, 0.15) is 0 Å². The second kappa shape index (κ2) is 4.22. The summed E-state index contributed by atoms with van der Waals surface area (Å²) in [4.78, 5) is 5.03. The Hall–Kier alpha value is -1.11. The van der Waals surface area contributed by atoms with Gasteiger partial charge in [-0.05, 0) is 35.8 Å². The molecule has 0 N–H and O–H groups in total. The largest absolute Gasteiger partial charge is 0.286 e. The molecule has 1 aromatic carbocycles. The van der Waals surface area contributed by atoms with E-state index in [0.29, 0.717) is 0 Å². The summed E-state index contributed by atoms with van der Waals surface area (Å²) in [5, 5.41) is 0. The Morgan fingerprint density at radius 1 is 1.00 bits per heavy atom. The van der Waals surface area contributed by atoms with Crippen LogP contribution in [0, 0.1) is 0 Å². The molecule has 1 fully saturated rings. The molecule has 0 saturated heterocycles. The maximum absolute atomic E-state index is 5.03. The summed E-state index contributed by atoms with van der Waals surface area (Å²) in [6, 6.07) is 8.78. The molecule has 3 rings (SSSR count). The molecule has 1 heteroatoms. The lowest BCUT2D eigenvalue weighted by molar-refractivity contribution is 0.236. The zero-order valence-corrected chi connectivity index (χ0v) is 11.6. The lowest BCUT2D eigenvalue weighted by Gasteiger charge is -2.39. The molecule has 1 spiro atoms. The summed E-state index contributed by atoms with van der Waals surface area (Å²) in [6.45, 7) is 4.77. The number of rotatable bonds is 0. The minimum atomic E-state index is 0.223. The van der Waals surface area contributed by atoms with Gasteiger partial charge >= 0.3 is 0 Å². The smallest absolute Gasteiger partial charge is 0.0616 e. The monoisotopic (exact) mass is 241 g/mol. The van der Waals surface area contributed by atoms with Crippen LogP contribution in [0.1, 0.15) is 63.5 Å². The van der Waals surface area contributed by atoms with Gasteiger partial charge in [-0.1, -0.05) is 57.4 Å². The molecular formula is C17H23N. The van der Waals surface area contributed by atoms with E-state index in [9.17, 15) is 0 Å². The third-order valence-corrected chi connectivity index (χ3v) is 4.72. The predicted octanol–water partition coefficient (Wildman–Crippen LogP) is 4.49. The Labute approximate surface area is 110 Å². The average Bonchev–Trinajstić information content (AvgIpc) is 2.47. The minimum Gasteiger partial charge on any atom is -0.286 e. The van der Waals surface area contributed by atoms with Crippen molar-refractivity contribution in [2.75, 3.05) is 0 Å². The first-order valence-corrected chi connectivity index (χ1v) is 7.26. The molecule has 0 radical (unpaired) electrons. The Morgan fingerprint density at radius 2 is 1.72 bits per heavy atom. The van der Waals surface area contributed by atoms with E-state index in [1.807, 2.05) is 0 Å². The molecule has 1 heterocycles. The van der Waals surface area contributed by atoms with Gasteiger partial charge in [-0.25, -0.2) is 0 Å². The molecular weight excluding hydrogens is 218 g/mol. The second-order valence-electron chi connectivity index (χ2n) is 6.69. The van der Waals surface area contributed by atoms with Gasteiger partial charge in [0.05, 0.1) is 5.54 Å². The topological polar surface area (TPSA) is 12.4 Å². The van der Waals surface area contributed by atoms with Crippen LogP contribution in [0.3, 0.4) is 0 Å². The van der Waals surface area contributed by atoms with Crippen molar-refractivity contribution in [1.82, 2.24) is 0 Å². The number of hydrogen-bond donors (Lipinski definition) is 0. The fraction of sp³-hybridized carbons (Fsp3) is 0.588. The molecule has 0 bridgehead atoms. The van der Waals surface area contributed by atoms with E-state index in [4.69, 9.17) is 4.99 Å². The summed E-state index contributed by atoms with van der Waals surface area (Å²) >= 11 is 0. The van der Waals surface area contributed by atoms with Gasteiger partial charge in [0.25, 0.3) is 0 Å². The van der Waals surface area contributed by atoms with Gasteiger partial charge < -0.3 is 0 Å². The molecule has 1 aliphatic heterocycles. The molecule has 1 aliphatic carbocycles. The van der Waals surface area contributed by atoms with Crippen molar-refractivity contribution >= 4 is 6.21 Å². The van der Waals surface area contributed by atoms with Gasteiger partial charge in [-0.15, -0.1) is 0 Å². The molecule has 96 valence electrons. The summed E-state index contributed by atoms with van der Waals surface area (Å²) in [6.07, 6.45) is 10.0. The molecule has 0 amide bonds. The van der Waals surface area contributed by atoms with E-state index in [1.54, 1.807) is 0 Å². The average molecular weight is 241 g/mol. The third kappa shape index (κ3) is 2.00. The van der Waals surface area contributed by atoms with Crippen LogP contribution < -0.4 is 0 Å². The van der Waals surface area contributed by atoms with Gasteiger partial charge in [-0.3, -0.25) is 4.99 Å². The normalized spacial score (nSPS) is 24.6. The lowest BCUT2D eigenvalue weighted by atomic mass is 9.69. The van der Waals surface area contributed by atoms with E-state index >= 15 is 0 Å². The van der Waals surface area contributed by atoms with Crippen molar-refractivity contribution in [3.05, 3.63) is 35.4 Å². The van der Waals surface area contributed by atoms with Crippen molar-refractivity contribution in [2.45, 2.75) is 63.3 Å². The van der Waals surface area contributed by atoms with Crippen LogP contribution >= 0.6 is 0 Å². The molecule has 18 heavy (non-hydrogen) atoms. The number of aliphatic imine (C=N–C) groups is 1. The molecule has 1 nitrogen and oxygen atoms in total. The Morgan fingerprint density at radius 3 is 2.50 bits per heavy atom. The van der Waals surface area contributed by atoms with E-state index in [0.717, 1.165) is 0 Å². The number of benzene rings is 1. The quantitative estimate of drug-likeness (QED) is 0.634. The number of hydrogen-bond acceptors (Lipinski definition) is 1. The minimum absolute atomic E-state index is 0.223. The number of fused-ring (bicyclic) bond motifs is 1. The fourth-order valence-electron chi connectivity index (χ4n) is 3.91. The summed E-state index contributed by atoms with van der Waals surface area (Å²) in [5.74, 6) is 0. The molecule has 1 aromatic rings.